The topological polar surface area (TPSA) is 38.8 Å². The minimum atomic E-state index is -0.236. The van der Waals surface area contributed by atoms with E-state index in [2.05, 4.69) is 22.2 Å². The van der Waals surface area contributed by atoms with Crippen LogP contribution in [0.1, 0.15) is 19.4 Å². The first kappa shape index (κ1) is 17.7. The van der Waals surface area contributed by atoms with E-state index in [9.17, 15) is 4.79 Å². The first-order chi connectivity index (χ1) is 11.0. The molecule has 23 heavy (non-hydrogen) atoms. The fourth-order valence-electron chi connectivity index (χ4n) is 2.49. The summed E-state index contributed by atoms with van der Waals surface area (Å²) in [4.78, 5) is 14.0. The van der Waals surface area contributed by atoms with Gasteiger partial charge in [-0.2, -0.15) is 0 Å². The van der Waals surface area contributed by atoms with Crippen molar-refractivity contribution in [3.63, 3.8) is 0 Å². The van der Waals surface area contributed by atoms with E-state index in [0.29, 0.717) is 11.3 Å². The van der Waals surface area contributed by atoms with E-state index in [1.807, 2.05) is 56.3 Å². The minimum absolute atomic E-state index is 0.0105. The summed E-state index contributed by atoms with van der Waals surface area (Å²) in [6, 6.07) is 9.65. The van der Waals surface area contributed by atoms with Crippen molar-refractivity contribution in [3.8, 4) is 0 Å². The Hall–Kier alpha value is -1.68. The number of nitrogens with zero attached hydrogens (tertiary/aromatic N) is 1. The van der Waals surface area contributed by atoms with Gasteiger partial charge in [-0.25, -0.2) is 0 Å². The molecule has 0 N–H and O–H groups in total. The molecule has 1 aromatic rings. The predicted molar refractivity (Wildman–Crippen MR) is 92.0 cm³/mol. The Balaban J connectivity index is 1.91. The number of benzene rings is 1. The number of carbonyl (C=O) groups is 1. The molecular formula is C18H21NO3Se. The normalized spacial score (nSPS) is 20.8. The van der Waals surface area contributed by atoms with Crippen LogP contribution >= 0.6 is 0 Å². The summed E-state index contributed by atoms with van der Waals surface area (Å²) in [5, 5.41) is 0. The molecule has 1 fully saturated rings. The van der Waals surface area contributed by atoms with Gasteiger partial charge in [0.25, 0.3) is 0 Å². The van der Waals surface area contributed by atoms with Gasteiger partial charge in [0, 0.05) is 0 Å². The van der Waals surface area contributed by atoms with Crippen LogP contribution in [0.4, 0.5) is 0 Å². The van der Waals surface area contributed by atoms with Gasteiger partial charge < -0.3 is 0 Å². The summed E-state index contributed by atoms with van der Waals surface area (Å²) in [6.45, 7) is 8.29. The molecule has 0 aliphatic carbocycles. The number of hydrogen-bond acceptors (Lipinski definition) is 3. The average Bonchev–Trinajstić information content (AvgIpc) is 2.83. The first-order valence-corrected chi connectivity index (χ1v) is 8.36. The molecule has 122 valence electrons. The standard InChI is InChI=1S/C18H21NO3Se/c1-4-8-13(2)17-14(3)19(18(23)22-17)16(20)12-21-11-15-9-6-5-7-10-15/h4-10,14,17H,2,11-12H2,1,3H3/b8-4-/t14-,17+/m0/s1. The summed E-state index contributed by atoms with van der Waals surface area (Å²) < 4.78 is 11.7. The van der Waals surface area contributed by atoms with Crippen LogP contribution in [0.3, 0.4) is 0 Å². The molecule has 0 aromatic heterocycles. The molecule has 1 amide bonds. The van der Waals surface area contributed by atoms with Gasteiger partial charge in [0.15, 0.2) is 0 Å². The van der Waals surface area contributed by atoms with Crippen molar-refractivity contribution in [2.45, 2.75) is 32.6 Å². The third-order valence-corrected chi connectivity index (χ3v) is 4.24. The average molecular weight is 378 g/mol. The molecule has 1 aliphatic rings. The molecule has 0 bridgehead atoms. The van der Waals surface area contributed by atoms with Crippen molar-refractivity contribution in [2.24, 2.45) is 0 Å². The molecule has 0 radical (unpaired) electrons. The molecular weight excluding hydrogens is 357 g/mol. The zero-order valence-corrected chi connectivity index (χ0v) is 15.1. The van der Waals surface area contributed by atoms with Crippen molar-refractivity contribution in [1.29, 1.82) is 0 Å². The van der Waals surface area contributed by atoms with Crippen LogP contribution in [0.15, 0.2) is 54.6 Å². The van der Waals surface area contributed by atoms with E-state index in [1.165, 1.54) is 0 Å². The van der Waals surface area contributed by atoms with E-state index < -0.39 is 0 Å². The molecule has 2 rings (SSSR count). The van der Waals surface area contributed by atoms with Crippen LogP contribution in [-0.2, 0) is 20.9 Å². The van der Waals surface area contributed by atoms with E-state index in [0.717, 1.165) is 11.1 Å². The molecule has 0 spiro atoms. The predicted octanol–water partition coefficient (Wildman–Crippen LogP) is 2.21. The van der Waals surface area contributed by atoms with Gasteiger partial charge in [0.1, 0.15) is 0 Å². The molecule has 4 nitrogen and oxygen atoms in total. The Morgan fingerprint density at radius 3 is 2.78 bits per heavy atom. The maximum atomic E-state index is 12.4. The van der Waals surface area contributed by atoms with E-state index in [-0.39, 0.29) is 24.7 Å². The quantitative estimate of drug-likeness (QED) is 0.563. The first-order valence-electron chi connectivity index (χ1n) is 7.50. The van der Waals surface area contributed by atoms with E-state index >= 15 is 0 Å². The van der Waals surface area contributed by atoms with Gasteiger partial charge >= 0.3 is 145 Å². The van der Waals surface area contributed by atoms with Gasteiger partial charge in [-0.3, -0.25) is 0 Å². The van der Waals surface area contributed by atoms with Gasteiger partial charge in [-0.15, -0.1) is 0 Å². The third kappa shape index (κ3) is 4.41. The molecule has 1 saturated heterocycles. The van der Waals surface area contributed by atoms with Crippen molar-refractivity contribution in [2.75, 3.05) is 6.61 Å². The number of amides is 1. The van der Waals surface area contributed by atoms with Gasteiger partial charge in [-0.05, 0) is 0 Å². The van der Waals surface area contributed by atoms with Crippen molar-refractivity contribution in [3.05, 3.63) is 60.2 Å². The van der Waals surface area contributed by atoms with Gasteiger partial charge in [0.05, 0.1) is 0 Å². The van der Waals surface area contributed by atoms with Crippen molar-refractivity contribution < 1.29 is 14.3 Å². The number of allylic oxidation sites excluding steroid dienone is 1. The summed E-state index contributed by atoms with van der Waals surface area (Å²) in [5.41, 5.74) is 1.88. The Kier molecular flexibility index (Phi) is 6.34. The zero-order valence-electron chi connectivity index (χ0n) is 13.4. The van der Waals surface area contributed by atoms with Gasteiger partial charge in [-0.1, -0.05) is 0 Å². The Labute approximate surface area is 145 Å². The molecule has 1 heterocycles. The van der Waals surface area contributed by atoms with Crippen LogP contribution in [0.5, 0.6) is 0 Å². The molecule has 0 unspecified atom stereocenters. The fraction of sp³-hybridized carbons (Fsp3) is 0.333. The third-order valence-electron chi connectivity index (χ3n) is 3.62. The fourth-order valence-corrected chi connectivity index (χ4v) is 3.27. The number of ether oxygens (including phenoxy) is 2. The second-order valence-electron chi connectivity index (χ2n) is 5.36. The zero-order chi connectivity index (χ0) is 16.8. The second-order valence-corrected chi connectivity index (χ2v) is 6.09. The van der Waals surface area contributed by atoms with Gasteiger partial charge in [0.2, 0.25) is 0 Å². The van der Waals surface area contributed by atoms with Crippen LogP contribution in [0, 0.1) is 0 Å². The molecule has 5 heteroatoms. The SMILES string of the molecule is C=C(/C=C\C)[C@H]1OC(=[Se])N(C(=O)COCc2ccccc2)[C@H]1C. The van der Waals surface area contributed by atoms with Crippen LogP contribution in [0.25, 0.3) is 0 Å². The van der Waals surface area contributed by atoms with E-state index in [1.54, 1.807) is 4.90 Å². The van der Waals surface area contributed by atoms with Crippen molar-refractivity contribution in [1.82, 2.24) is 4.90 Å². The number of rotatable bonds is 6. The molecule has 1 aliphatic heterocycles. The summed E-state index contributed by atoms with van der Waals surface area (Å²) in [5.74, 6) is -0.127. The molecule has 1 aromatic carbocycles. The van der Waals surface area contributed by atoms with Crippen LogP contribution < -0.4 is 0 Å². The van der Waals surface area contributed by atoms with Crippen LogP contribution in [-0.4, -0.2) is 49.9 Å². The second kappa shape index (κ2) is 8.25. The maximum absolute atomic E-state index is 12.4. The van der Waals surface area contributed by atoms with E-state index in [4.69, 9.17) is 9.47 Å². The summed E-state index contributed by atoms with van der Waals surface area (Å²) in [7, 11) is 0. The Bertz CT molecular complexity index is 612. The van der Waals surface area contributed by atoms with Crippen molar-refractivity contribution >= 4 is 26.2 Å². The molecule has 2 atom stereocenters. The monoisotopic (exact) mass is 379 g/mol. The summed E-state index contributed by atoms with van der Waals surface area (Å²) in [6.07, 6.45) is 3.57. The number of carbonyl (C=O) groups excluding carboxylic acids is 1. The molecule has 0 saturated carbocycles. The summed E-state index contributed by atoms with van der Waals surface area (Å²) >= 11 is 2.81. The van der Waals surface area contributed by atoms with Crippen LogP contribution in [0.2, 0.25) is 0 Å². The number of hydrogen-bond donors (Lipinski definition) is 0. The Morgan fingerprint density at radius 2 is 2.13 bits per heavy atom. The Morgan fingerprint density at radius 1 is 1.43 bits per heavy atom.